The lowest BCUT2D eigenvalue weighted by atomic mass is 10.0. The van der Waals surface area contributed by atoms with Gasteiger partial charge in [-0.25, -0.2) is 4.57 Å². The van der Waals surface area contributed by atoms with Crippen LogP contribution in [0.1, 0.15) is 284 Å². The lowest BCUT2D eigenvalue weighted by molar-refractivity contribution is -0.161. The fourth-order valence-corrected chi connectivity index (χ4v) is 9.72. The summed E-state index contributed by atoms with van der Waals surface area (Å²) in [5.41, 5.74) is 5.40. The van der Waals surface area contributed by atoms with E-state index in [0.717, 1.165) is 96.3 Å². The molecule has 0 heterocycles. The van der Waals surface area contributed by atoms with Gasteiger partial charge in [0.25, 0.3) is 0 Å². The summed E-state index contributed by atoms with van der Waals surface area (Å²) in [7, 11) is -4.40. The Labute approximate surface area is 486 Å². The number of hydrogen-bond acceptors (Lipinski definition) is 8. The number of unbranched alkanes of at least 4 members (excludes halogenated alkanes) is 29. The zero-order valence-electron chi connectivity index (χ0n) is 50.8. The summed E-state index contributed by atoms with van der Waals surface area (Å²) in [6, 6.07) is 0. The van der Waals surface area contributed by atoms with E-state index in [-0.39, 0.29) is 38.6 Å². The number of allylic oxidation sites excluding steroid dienone is 18. The summed E-state index contributed by atoms with van der Waals surface area (Å²) in [6.07, 6.45) is 87.3. The van der Waals surface area contributed by atoms with E-state index in [1.807, 2.05) is 0 Å². The van der Waals surface area contributed by atoms with Crippen LogP contribution in [0.4, 0.5) is 0 Å². The van der Waals surface area contributed by atoms with Gasteiger partial charge in [-0.15, -0.1) is 0 Å². The normalized spacial score (nSPS) is 13.7. The van der Waals surface area contributed by atoms with Crippen LogP contribution in [0.3, 0.4) is 0 Å². The standard InChI is InChI=1S/C69H120NO8P/c1-3-5-7-9-11-13-15-17-19-21-23-25-27-29-31-32-33-34-36-38-40-42-44-46-48-50-52-54-56-58-60-62-69(72)78-67(66-77-79(73,74)76-64-63-70)65-75-68(71)61-59-57-55-53-51-49-47-45-43-41-39-37-35-30-28-26-24-22-20-18-16-14-12-10-8-6-4-2/h5-8,11-14,17-20,23-26,29,31,67H,3-4,9-10,15-16,21-22,27-28,30,32-66,70H2,1-2H3,(H,73,74)/b7-5-,8-6-,13-11-,14-12-,19-17-,20-18-,25-23-,26-24-,31-29-. The molecule has 0 aliphatic heterocycles. The van der Waals surface area contributed by atoms with Crippen molar-refractivity contribution < 1.29 is 37.6 Å². The van der Waals surface area contributed by atoms with E-state index in [9.17, 15) is 19.0 Å². The van der Waals surface area contributed by atoms with Gasteiger partial charge in [0.2, 0.25) is 0 Å². The molecule has 0 spiro atoms. The second-order valence-electron chi connectivity index (χ2n) is 21.2. The van der Waals surface area contributed by atoms with Crippen molar-refractivity contribution in [2.75, 3.05) is 26.4 Å². The maximum atomic E-state index is 12.7. The maximum absolute atomic E-state index is 12.7. The monoisotopic (exact) mass is 1120 g/mol. The number of carbonyl (C=O) groups is 2. The van der Waals surface area contributed by atoms with Crippen LogP contribution in [0.2, 0.25) is 0 Å². The minimum atomic E-state index is -4.40. The summed E-state index contributed by atoms with van der Waals surface area (Å²) in [5.74, 6) is -0.824. The van der Waals surface area contributed by atoms with Crippen molar-refractivity contribution in [2.45, 2.75) is 290 Å². The fraction of sp³-hybridized carbons (Fsp3) is 0.710. The highest BCUT2D eigenvalue weighted by molar-refractivity contribution is 7.47. The van der Waals surface area contributed by atoms with Crippen LogP contribution in [0.25, 0.3) is 0 Å². The van der Waals surface area contributed by atoms with Gasteiger partial charge < -0.3 is 20.1 Å². The third-order valence-electron chi connectivity index (χ3n) is 13.7. The molecule has 0 aliphatic rings. The Morgan fingerprint density at radius 1 is 0.380 bits per heavy atom. The average Bonchev–Trinajstić information content (AvgIpc) is 3.44. The van der Waals surface area contributed by atoms with Crippen molar-refractivity contribution in [3.05, 3.63) is 109 Å². The Kier molecular flexibility index (Phi) is 61.2. The van der Waals surface area contributed by atoms with E-state index in [1.54, 1.807) is 0 Å². The first kappa shape index (κ1) is 75.7. The van der Waals surface area contributed by atoms with E-state index < -0.39 is 26.5 Å². The quantitative estimate of drug-likeness (QED) is 0.0264. The third-order valence-corrected chi connectivity index (χ3v) is 14.6. The van der Waals surface area contributed by atoms with E-state index in [2.05, 4.69) is 123 Å². The summed E-state index contributed by atoms with van der Waals surface area (Å²) < 4.78 is 33.1. The Morgan fingerprint density at radius 2 is 0.658 bits per heavy atom. The topological polar surface area (TPSA) is 134 Å². The van der Waals surface area contributed by atoms with E-state index in [1.165, 1.54) is 154 Å². The number of hydrogen-bond donors (Lipinski definition) is 2. The maximum Gasteiger partial charge on any atom is 0.472 e. The van der Waals surface area contributed by atoms with Crippen LogP contribution in [0, 0.1) is 0 Å². The average molecular weight is 1120 g/mol. The fourth-order valence-electron chi connectivity index (χ4n) is 8.95. The SMILES string of the molecule is CC/C=C\C/C=C\C/C=C\C/C=C\C/C=C\CCCCCCCCCCCCCCCCCC(=O)OC(COC(=O)CCCCCCCCCCCCCCCC/C=C\C/C=C\C/C=C\C/C=C\CC)COP(=O)(O)OCCN. The van der Waals surface area contributed by atoms with Crippen molar-refractivity contribution in [3.63, 3.8) is 0 Å². The predicted molar refractivity (Wildman–Crippen MR) is 339 cm³/mol. The molecule has 0 fully saturated rings. The molecule has 2 unspecified atom stereocenters. The van der Waals surface area contributed by atoms with Gasteiger partial charge in [0.05, 0.1) is 13.2 Å². The number of ether oxygens (including phenoxy) is 2. The van der Waals surface area contributed by atoms with Gasteiger partial charge in [-0.05, 0) is 96.3 Å². The molecule has 3 N–H and O–H groups in total. The van der Waals surface area contributed by atoms with Gasteiger partial charge in [0, 0.05) is 19.4 Å². The smallest absolute Gasteiger partial charge is 0.462 e. The summed E-state index contributed by atoms with van der Waals surface area (Å²) in [5, 5.41) is 0. The highest BCUT2D eigenvalue weighted by atomic mass is 31.2. The van der Waals surface area contributed by atoms with E-state index in [4.69, 9.17) is 24.3 Å². The molecule has 79 heavy (non-hydrogen) atoms. The molecule has 0 aliphatic carbocycles. The summed E-state index contributed by atoms with van der Waals surface area (Å²) in [4.78, 5) is 35.3. The number of phosphoric acid groups is 1. The second-order valence-corrected chi connectivity index (χ2v) is 22.7. The van der Waals surface area contributed by atoms with Gasteiger partial charge in [0.15, 0.2) is 6.10 Å². The van der Waals surface area contributed by atoms with Crippen LogP contribution in [-0.2, 0) is 32.7 Å². The highest BCUT2D eigenvalue weighted by Gasteiger charge is 2.26. The number of esters is 2. The van der Waals surface area contributed by atoms with Crippen LogP contribution >= 0.6 is 7.82 Å². The van der Waals surface area contributed by atoms with Gasteiger partial charge in [-0.2, -0.15) is 0 Å². The minimum absolute atomic E-state index is 0.0501. The Balaban J connectivity index is 3.92. The van der Waals surface area contributed by atoms with Gasteiger partial charge in [0.1, 0.15) is 6.61 Å². The van der Waals surface area contributed by atoms with Crippen LogP contribution in [-0.4, -0.2) is 49.3 Å². The van der Waals surface area contributed by atoms with Crippen LogP contribution < -0.4 is 5.73 Å². The molecule has 0 aromatic heterocycles. The first-order valence-electron chi connectivity index (χ1n) is 32.4. The lowest BCUT2D eigenvalue weighted by Gasteiger charge is -2.19. The number of carbonyl (C=O) groups excluding carboxylic acids is 2. The first-order chi connectivity index (χ1) is 38.8. The summed E-state index contributed by atoms with van der Waals surface area (Å²) in [6.45, 7) is 3.54. The molecule has 0 amide bonds. The number of nitrogens with two attached hydrogens (primary N) is 1. The Bertz CT molecular complexity index is 1660. The molecule has 454 valence electrons. The molecule has 0 bridgehead atoms. The highest BCUT2D eigenvalue weighted by Crippen LogP contribution is 2.43. The molecule has 0 aromatic rings. The molecular weight excluding hydrogens is 1000 g/mol. The molecule has 9 nitrogen and oxygen atoms in total. The molecule has 10 heteroatoms. The molecular formula is C69H120NO8P. The van der Waals surface area contributed by atoms with Crippen molar-refractivity contribution in [1.82, 2.24) is 0 Å². The van der Waals surface area contributed by atoms with Crippen LogP contribution in [0.15, 0.2) is 109 Å². The van der Waals surface area contributed by atoms with Crippen molar-refractivity contribution in [3.8, 4) is 0 Å². The largest absolute Gasteiger partial charge is 0.472 e. The third kappa shape index (κ3) is 63.7. The molecule has 0 radical (unpaired) electrons. The summed E-state index contributed by atoms with van der Waals surface area (Å²) >= 11 is 0. The first-order valence-corrected chi connectivity index (χ1v) is 33.9. The van der Waals surface area contributed by atoms with Gasteiger partial charge >= 0.3 is 19.8 Å². The van der Waals surface area contributed by atoms with E-state index in [0.29, 0.717) is 6.42 Å². The van der Waals surface area contributed by atoms with Crippen LogP contribution in [0.5, 0.6) is 0 Å². The molecule has 2 atom stereocenters. The zero-order valence-corrected chi connectivity index (χ0v) is 51.7. The molecule has 0 rings (SSSR count). The Morgan fingerprint density at radius 3 is 0.975 bits per heavy atom. The molecule has 0 aromatic carbocycles. The molecule has 0 saturated heterocycles. The van der Waals surface area contributed by atoms with Gasteiger partial charge in [-0.1, -0.05) is 284 Å². The number of rotatable bonds is 60. The number of phosphoric ester groups is 1. The van der Waals surface area contributed by atoms with Crippen molar-refractivity contribution in [1.29, 1.82) is 0 Å². The zero-order chi connectivity index (χ0) is 57.3. The lowest BCUT2D eigenvalue weighted by Crippen LogP contribution is -2.29. The van der Waals surface area contributed by atoms with Gasteiger partial charge in [-0.3, -0.25) is 18.6 Å². The minimum Gasteiger partial charge on any atom is -0.462 e. The van der Waals surface area contributed by atoms with E-state index >= 15 is 0 Å². The van der Waals surface area contributed by atoms with Crippen molar-refractivity contribution in [2.24, 2.45) is 5.73 Å². The Hall–Kier alpha value is -3.33. The molecule has 0 saturated carbocycles. The second kappa shape index (κ2) is 63.8. The predicted octanol–water partition coefficient (Wildman–Crippen LogP) is 21.0. The van der Waals surface area contributed by atoms with Crippen molar-refractivity contribution >= 4 is 19.8 Å².